The molecule has 0 saturated heterocycles. The maximum atomic E-state index is 13.4. The number of amides is 1. The van der Waals surface area contributed by atoms with Crippen LogP contribution in [0.4, 0.5) is 5.69 Å². The highest BCUT2D eigenvalue weighted by Crippen LogP contribution is 2.66. The Labute approximate surface area is 275 Å². The predicted octanol–water partition coefficient (Wildman–Crippen LogP) is 6.41. The Hall–Kier alpha value is -3.76. The summed E-state index contributed by atoms with van der Waals surface area (Å²) in [4.78, 5) is 59.2. The third kappa shape index (κ3) is 7.09. The third-order valence-electron chi connectivity index (χ3n) is 12.5. The number of esters is 1. The van der Waals surface area contributed by atoms with Gasteiger partial charge in [-0.25, -0.2) is 4.79 Å². The van der Waals surface area contributed by atoms with E-state index < -0.39 is 34.8 Å². The molecule has 0 aliphatic heterocycles. The lowest BCUT2D eigenvalue weighted by Crippen LogP contribution is -2.53. The minimum absolute atomic E-state index is 0.0729. The number of benzene rings is 1. The minimum atomic E-state index is -1.16. The maximum absolute atomic E-state index is 13.4. The van der Waals surface area contributed by atoms with Crippen LogP contribution in [0.1, 0.15) is 102 Å². The molecule has 1 amide bonds. The first kappa shape index (κ1) is 34.6. The molecular formula is C36H48N2O9. The van der Waals surface area contributed by atoms with Crippen LogP contribution >= 0.6 is 0 Å². The summed E-state index contributed by atoms with van der Waals surface area (Å²) in [6.07, 6.45) is 11.8. The highest BCUT2D eigenvalue weighted by atomic mass is 16.6. The average Bonchev–Trinajstić information content (AvgIpc) is 3.39. The average molecular weight is 653 g/mol. The van der Waals surface area contributed by atoms with Crippen molar-refractivity contribution in [3.8, 4) is 0 Å². The van der Waals surface area contributed by atoms with E-state index in [0.29, 0.717) is 48.3 Å². The number of nitro benzene ring substituents is 1. The Kier molecular flexibility index (Phi) is 10.1. The molecule has 47 heavy (non-hydrogen) atoms. The number of hydrogen-bond donors (Lipinski definition) is 3. The number of carboxylic acid groups (broad SMARTS) is 2. The molecule has 3 saturated carbocycles. The zero-order valence-corrected chi connectivity index (χ0v) is 27.6. The Morgan fingerprint density at radius 3 is 2.34 bits per heavy atom. The first-order chi connectivity index (χ1) is 22.2. The highest BCUT2D eigenvalue weighted by Gasteiger charge is 2.59. The third-order valence-corrected chi connectivity index (χ3v) is 12.5. The molecule has 7 unspecified atom stereocenters. The van der Waals surface area contributed by atoms with Gasteiger partial charge in [0.1, 0.15) is 12.1 Å². The molecule has 3 N–H and O–H groups in total. The molecule has 0 radical (unpaired) electrons. The van der Waals surface area contributed by atoms with Crippen molar-refractivity contribution in [2.75, 3.05) is 0 Å². The largest absolute Gasteiger partial charge is 0.481 e. The van der Waals surface area contributed by atoms with E-state index in [0.717, 1.165) is 32.1 Å². The van der Waals surface area contributed by atoms with Crippen LogP contribution in [0.5, 0.6) is 0 Å². The van der Waals surface area contributed by atoms with Crippen LogP contribution in [-0.2, 0) is 19.1 Å². The van der Waals surface area contributed by atoms with Crippen LogP contribution < -0.4 is 5.32 Å². The zero-order chi connectivity index (χ0) is 34.1. The fourth-order valence-corrected chi connectivity index (χ4v) is 9.93. The summed E-state index contributed by atoms with van der Waals surface area (Å²) in [5.41, 5.74) is 0.103. The molecule has 4 aliphatic carbocycles. The van der Waals surface area contributed by atoms with Crippen LogP contribution in [0.3, 0.4) is 0 Å². The molecule has 0 spiro atoms. The van der Waals surface area contributed by atoms with Gasteiger partial charge in [-0.2, -0.15) is 0 Å². The van der Waals surface area contributed by atoms with E-state index in [1.807, 2.05) is 0 Å². The number of nitrogens with zero attached hydrogens (tertiary/aromatic N) is 1. The molecule has 3 fully saturated rings. The van der Waals surface area contributed by atoms with E-state index in [9.17, 15) is 39.5 Å². The first-order valence-electron chi connectivity index (χ1n) is 17.1. The van der Waals surface area contributed by atoms with Crippen LogP contribution in [0, 0.1) is 56.5 Å². The number of aliphatic carboxylic acids is 2. The summed E-state index contributed by atoms with van der Waals surface area (Å²) in [6.45, 7) is 7.00. The van der Waals surface area contributed by atoms with Crippen molar-refractivity contribution in [2.45, 2.75) is 104 Å². The van der Waals surface area contributed by atoms with Gasteiger partial charge < -0.3 is 20.3 Å². The highest BCUT2D eigenvalue weighted by molar-refractivity contribution is 5.97. The molecule has 0 heterocycles. The monoisotopic (exact) mass is 652 g/mol. The summed E-state index contributed by atoms with van der Waals surface area (Å²) in [7, 11) is 0. The summed E-state index contributed by atoms with van der Waals surface area (Å²) in [5, 5.41) is 32.0. The van der Waals surface area contributed by atoms with Gasteiger partial charge in [-0.15, -0.1) is 0 Å². The van der Waals surface area contributed by atoms with Crippen molar-refractivity contribution in [2.24, 2.45) is 46.3 Å². The lowest BCUT2D eigenvalue weighted by molar-refractivity contribution is -0.384. The predicted molar refractivity (Wildman–Crippen MR) is 172 cm³/mol. The summed E-state index contributed by atoms with van der Waals surface area (Å²) in [5.74, 6) is -0.318. The van der Waals surface area contributed by atoms with Crippen molar-refractivity contribution in [1.82, 2.24) is 5.32 Å². The number of ether oxygens (including phenoxy) is 1. The SMILES string of the molecule is C[C@H](CCC(=O)O)C1CC[C@H]2C3CCC4CC(OC(=O)[C@H](CCC(=O)O)NC(=O)c5ccc([N+](=O)[O-])cc5)CCC4(C)C3C=CC12C. The second kappa shape index (κ2) is 13.8. The summed E-state index contributed by atoms with van der Waals surface area (Å²) >= 11 is 0. The smallest absolute Gasteiger partial charge is 0.328 e. The number of hydrogen-bond acceptors (Lipinski definition) is 7. The van der Waals surface area contributed by atoms with Gasteiger partial charge in [-0.05, 0) is 116 Å². The van der Waals surface area contributed by atoms with Crippen molar-refractivity contribution in [3.05, 3.63) is 52.1 Å². The molecule has 1 aromatic carbocycles. The molecule has 0 aromatic heterocycles. The number of carbonyl (C=O) groups is 4. The number of carbonyl (C=O) groups excluding carboxylic acids is 2. The molecule has 10 atom stereocenters. The molecule has 11 heteroatoms. The van der Waals surface area contributed by atoms with E-state index in [4.69, 9.17) is 4.74 Å². The number of nitrogens with one attached hydrogen (secondary N) is 1. The van der Waals surface area contributed by atoms with Crippen molar-refractivity contribution >= 4 is 29.5 Å². The minimum Gasteiger partial charge on any atom is -0.481 e. The fourth-order valence-electron chi connectivity index (χ4n) is 9.93. The molecular weight excluding hydrogens is 604 g/mol. The van der Waals surface area contributed by atoms with Crippen LogP contribution in [0.2, 0.25) is 0 Å². The van der Waals surface area contributed by atoms with Gasteiger partial charge in [0.25, 0.3) is 11.6 Å². The van der Waals surface area contributed by atoms with E-state index in [1.165, 1.54) is 30.7 Å². The second-order valence-corrected chi connectivity index (χ2v) is 15.0. The van der Waals surface area contributed by atoms with E-state index in [-0.39, 0.29) is 47.4 Å². The number of allylic oxidation sites excluding steroid dienone is 2. The fraction of sp³-hybridized carbons (Fsp3) is 0.667. The van der Waals surface area contributed by atoms with Crippen molar-refractivity contribution in [1.29, 1.82) is 0 Å². The van der Waals surface area contributed by atoms with E-state index in [2.05, 4.69) is 38.2 Å². The summed E-state index contributed by atoms with van der Waals surface area (Å²) in [6, 6.07) is 3.82. The molecule has 1 aromatic rings. The van der Waals surface area contributed by atoms with Gasteiger partial charge >= 0.3 is 17.9 Å². The first-order valence-corrected chi connectivity index (χ1v) is 17.1. The second-order valence-electron chi connectivity index (χ2n) is 15.0. The van der Waals surface area contributed by atoms with E-state index >= 15 is 0 Å². The van der Waals surface area contributed by atoms with Gasteiger partial charge in [-0.1, -0.05) is 32.9 Å². The number of non-ortho nitro benzene ring substituents is 1. The zero-order valence-electron chi connectivity index (χ0n) is 27.6. The maximum Gasteiger partial charge on any atom is 0.328 e. The lowest BCUT2D eigenvalue weighted by atomic mass is 9.46. The standard InChI is InChI=1S/C36H48N2O9/c1-21(4-14-31(39)40)27-11-12-28-26-10-7-23-20-25(16-18-35(23,2)29(26)17-19-36(27,28)3)47-34(44)30(13-15-32(41)42)37-33(43)22-5-8-24(9-6-22)38(45)46/h5-6,8-9,17,19,21,23,25-30H,4,7,10-16,18,20H2,1-3H3,(H,37,43)(H,39,40)(H,41,42)/t21-,23?,25?,26?,27?,28+,29?,30+,35?,36?/m1/s1. The van der Waals surface area contributed by atoms with E-state index in [1.54, 1.807) is 0 Å². The number of rotatable bonds is 12. The van der Waals surface area contributed by atoms with Gasteiger partial charge in [0.05, 0.1) is 4.92 Å². The van der Waals surface area contributed by atoms with Crippen LogP contribution in [-0.4, -0.2) is 51.1 Å². The van der Waals surface area contributed by atoms with Gasteiger partial charge in [0, 0.05) is 30.5 Å². The van der Waals surface area contributed by atoms with Crippen molar-refractivity contribution < 1.29 is 39.1 Å². The normalized spacial score (nSPS) is 33.8. The van der Waals surface area contributed by atoms with Gasteiger partial charge in [-0.3, -0.25) is 24.5 Å². The Morgan fingerprint density at radius 2 is 1.68 bits per heavy atom. The van der Waals surface area contributed by atoms with Gasteiger partial charge in [0.2, 0.25) is 0 Å². The van der Waals surface area contributed by atoms with Crippen molar-refractivity contribution in [3.63, 3.8) is 0 Å². The summed E-state index contributed by atoms with van der Waals surface area (Å²) < 4.78 is 5.97. The molecule has 0 bridgehead atoms. The molecule has 11 nitrogen and oxygen atoms in total. The molecule has 5 rings (SSSR count). The Balaban J connectivity index is 1.23. The Morgan fingerprint density at radius 1 is 1.00 bits per heavy atom. The topological polar surface area (TPSA) is 173 Å². The molecule has 4 aliphatic rings. The number of fused-ring (bicyclic) bond motifs is 5. The van der Waals surface area contributed by atoms with Gasteiger partial charge in [0.15, 0.2) is 0 Å². The lowest BCUT2D eigenvalue weighted by Gasteiger charge is -2.59. The van der Waals surface area contributed by atoms with Crippen LogP contribution in [0.25, 0.3) is 0 Å². The molecule has 256 valence electrons. The number of nitro groups is 1. The quantitative estimate of drug-likeness (QED) is 0.0998. The van der Waals surface area contributed by atoms with Crippen LogP contribution in [0.15, 0.2) is 36.4 Å². The number of carboxylic acids is 2. The Bertz CT molecular complexity index is 1410.